The average Bonchev–Trinajstić information content (AvgIpc) is 2.91. The summed E-state index contributed by atoms with van der Waals surface area (Å²) >= 11 is 1.22. The highest BCUT2D eigenvalue weighted by Crippen LogP contribution is 2.20. The first-order valence-corrected chi connectivity index (χ1v) is 13.7. The first-order chi connectivity index (χ1) is 18.4. The van der Waals surface area contributed by atoms with E-state index >= 15 is 0 Å². The van der Waals surface area contributed by atoms with Crippen molar-refractivity contribution < 1.29 is 9.59 Å². The van der Waals surface area contributed by atoms with Crippen LogP contribution in [0.4, 0.5) is 5.69 Å². The minimum Gasteiger partial charge on any atom is -0.356 e. The highest BCUT2D eigenvalue weighted by atomic mass is 32.2. The number of para-hydroxylation sites is 1. The molecule has 4 rings (SSSR count). The Hall–Kier alpha value is -3.91. The Morgan fingerprint density at radius 1 is 0.921 bits per heavy atom. The van der Waals surface area contributed by atoms with Gasteiger partial charge < -0.3 is 10.6 Å². The maximum absolute atomic E-state index is 13.3. The molecule has 7 nitrogen and oxygen atoms in total. The van der Waals surface area contributed by atoms with Crippen molar-refractivity contribution in [3.05, 3.63) is 99.8 Å². The number of nitrogens with one attached hydrogen (secondary N) is 2. The number of carbonyl (C=O) groups is 2. The highest BCUT2D eigenvalue weighted by molar-refractivity contribution is 7.99. The third kappa shape index (κ3) is 7.32. The van der Waals surface area contributed by atoms with Crippen LogP contribution in [0.5, 0.6) is 0 Å². The Labute approximate surface area is 226 Å². The Morgan fingerprint density at radius 2 is 1.68 bits per heavy atom. The second-order valence-electron chi connectivity index (χ2n) is 9.19. The van der Waals surface area contributed by atoms with Crippen LogP contribution >= 0.6 is 11.8 Å². The number of amides is 2. The summed E-state index contributed by atoms with van der Waals surface area (Å²) in [5.74, 6) is -0.118. The van der Waals surface area contributed by atoms with Crippen LogP contribution in [0.1, 0.15) is 29.5 Å². The molecule has 0 bridgehead atoms. The van der Waals surface area contributed by atoms with Gasteiger partial charge in [0, 0.05) is 25.2 Å². The molecule has 0 fully saturated rings. The molecule has 0 saturated carbocycles. The number of aryl methyl sites for hydroxylation is 2. The number of rotatable bonds is 11. The number of hydrogen-bond donors (Lipinski definition) is 2. The molecule has 8 heteroatoms. The second kappa shape index (κ2) is 13.1. The number of nitrogens with zero attached hydrogens (tertiary/aromatic N) is 2. The van der Waals surface area contributed by atoms with E-state index in [4.69, 9.17) is 0 Å². The van der Waals surface area contributed by atoms with Crippen molar-refractivity contribution in [2.45, 2.75) is 44.8 Å². The molecule has 3 aromatic carbocycles. The van der Waals surface area contributed by atoms with E-state index in [2.05, 4.69) is 15.6 Å². The summed E-state index contributed by atoms with van der Waals surface area (Å²) in [6, 6.07) is 23.0. The van der Waals surface area contributed by atoms with E-state index in [9.17, 15) is 14.4 Å². The van der Waals surface area contributed by atoms with Gasteiger partial charge in [0.15, 0.2) is 5.16 Å². The molecule has 38 heavy (non-hydrogen) atoms. The normalized spacial score (nSPS) is 10.9. The topological polar surface area (TPSA) is 93.1 Å². The molecule has 2 N–H and O–H groups in total. The molecule has 0 aliphatic carbocycles. The van der Waals surface area contributed by atoms with Crippen molar-refractivity contribution in [2.75, 3.05) is 17.6 Å². The molecule has 2 amide bonds. The Bertz CT molecular complexity index is 1480. The predicted molar refractivity (Wildman–Crippen MR) is 154 cm³/mol. The monoisotopic (exact) mass is 528 g/mol. The lowest BCUT2D eigenvalue weighted by molar-refractivity contribution is -0.121. The molecule has 0 unspecified atom stereocenters. The lowest BCUT2D eigenvalue weighted by Crippen LogP contribution is -2.27. The number of fused-ring (bicyclic) bond motifs is 1. The lowest BCUT2D eigenvalue weighted by atomic mass is 10.1. The zero-order valence-corrected chi connectivity index (χ0v) is 22.5. The first-order valence-electron chi connectivity index (χ1n) is 12.7. The molecular formula is C30H32N4O3S. The number of carbonyl (C=O) groups excluding carboxylic acids is 2. The fourth-order valence-electron chi connectivity index (χ4n) is 4.08. The van der Waals surface area contributed by atoms with Crippen LogP contribution in [0.3, 0.4) is 0 Å². The number of benzene rings is 3. The van der Waals surface area contributed by atoms with E-state index in [1.807, 2.05) is 68.4 Å². The molecule has 0 atom stereocenters. The van der Waals surface area contributed by atoms with Gasteiger partial charge in [-0.25, -0.2) is 4.98 Å². The molecular weight excluding hydrogens is 496 g/mol. The van der Waals surface area contributed by atoms with Crippen LogP contribution in [0.15, 0.2) is 82.7 Å². The van der Waals surface area contributed by atoms with E-state index < -0.39 is 0 Å². The Kier molecular flexibility index (Phi) is 9.32. The molecule has 0 aliphatic rings. The summed E-state index contributed by atoms with van der Waals surface area (Å²) in [5.41, 5.74) is 4.59. The maximum Gasteiger partial charge on any atom is 0.262 e. The smallest absolute Gasteiger partial charge is 0.262 e. The molecule has 0 spiro atoms. The highest BCUT2D eigenvalue weighted by Gasteiger charge is 2.14. The molecule has 1 heterocycles. The van der Waals surface area contributed by atoms with Crippen LogP contribution in [0.2, 0.25) is 0 Å². The number of anilines is 1. The molecule has 4 aromatic rings. The van der Waals surface area contributed by atoms with Crippen LogP contribution in [0, 0.1) is 13.8 Å². The quantitative estimate of drug-likeness (QED) is 0.214. The third-order valence-electron chi connectivity index (χ3n) is 6.31. The Balaban J connectivity index is 1.38. The average molecular weight is 529 g/mol. The largest absolute Gasteiger partial charge is 0.356 e. The number of hydrogen-bond acceptors (Lipinski definition) is 5. The van der Waals surface area contributed by atoms with Gasteiger partial charge >= 0.3 is 0 Å². The summed E-state index contributed by atoms with van der Waals surface area (Å²) in [7, 11) is 0. The van der Waals surface area contributed by atoms with Gasteiger partial charge in [-0.15, -0.1) is 0 Å². The van der Waals surface area contributed by atoms with E-state index in [1.54, 1.807) is 22.8 Å². The van der Waals surface area contributed by atoms with Crippen molar-refractivity contribution >= 4 is 40.2 Å². The minimum absolute atomic E-state index is 0.0512. The second-order valence-corrected chi connectivity index (χ2v) is 10.1. The van der Waals surface area contributed by atoms with Crippen molar-refractivity contribution in [1.82, 2.24) is 14.9 Å². The van der Waals surface area contributed by atoms with Crippen molar-refractivity contribution in [2.24, 2.45) is 0 Å². The first kappa shape index (κ1) is 27.1. The molecule has 0 aliphatic heterocycles. The summed E-state index contributed by atoms with van der Waals surface area (Å²) in [4.78, 5) is 42.9. The van der Waals surface area contributed by atoms with Gasteiger partial charge in [0.25, 0.3) is 5.56 Å². The van der Waals surface area contributed by atoms with Gasteiger partial charge in [0.05, 0.1) is 16.7 Å². The zero-order chi connectivity index (χ0) is 26.9. The van der Waals surface area contributed by atoms with Crippen LogP contribution in [-0.2, 0) is 22.6 Å². The summed E-state index contributed by atoms with van der Waals surface area (Å²) in [6.07, 6.45) is 1.55. The van der Waals surface area contributed by atoms with Gasteiger partial charge in [0.1, 0.15) is 0 Å². The molecule has 196 valence electrons. The van der Waals surface area contributed by atoms with E-state index in [1.165, 1.54) is 17.3 Å². The van der Waals surface area contributed by atoms with E-state index in [0.717, 1.165) is 23.2 Å². The standard InChI is InChI=1S/C30H32N4O3S/c1-21-14-15-24(19-22(21)2)32-28(36)20-38-30-33-26-12-7-6-11-25(26)29(37)34(30)18-8-13-27(35)31-17-16-23-9-4-3-5-10-23/h3-7,9-12,14-15,19H,8,13,16-18,20H2,1-2H3,(H,31,35)(H,32,36). The summed E-state index contributed by atoms with van der Waals surface area (Å²) in [6.45, 7) is 4.93. The van der Waals surface area contributed by atoms with E-state index in [-0.39, 0.29) is 23.1 Å². The van der Waals surface area contributed by atoms with Gasteiger partial charge in [-0.1, -0.05) is 60.3 Å². The molecule has 0 saturated heterocycles. The van der Waals surface area contributed by atoms with Gasteiger partial charge in [0.2, 0.25) is 11.8 Å². The summed E-state index contributed by atoms with van der Waals surface area (Å²) in [5, 5.41) is 6.84. The fraction of sp³-hybridized carbons (Fsp3) is 0.267. The predicted octanol–water partition coefficient (Wildman–Crippen LogP) is 4.88. The van der Waals surface area contributed by atoms with Crippen molar-refractivity contribution in [1.29, 1.82) is 0 Å². The Morgan fingerprint density at radius 3 is 2.47 bits per heavy atom. The number of thioether (sulfide) groups is 1. The summed E-state index contributed by atoms with van der Waals surface area (Å²) < 4.78 is 1.58. The fourth-order valence-corrected chi connectivity index (χ4v) is 4.90. The van der Waals surface area contributed by atoms with Crippen LogP contribution in [-0.4, -0.2) is 33.7 Å². The van der Waals surface area contributed by atoms with Crippen LogP contribution < -0.4 is 16.2 Å². The van der Waals surface area contributed by atoms with Crippen molar-refractivity contribution in [3.8, 4) is 0 Å². The zero-order valence-electron chi connectivity index (χ0n) is 21.7. The van der Waals surface area contributed by atoms with Gasteiger partial charge in [-0.05, 0) is 67.6 Å². The molecule has 0 radical (unpaired) electrons. The molecule has 1 aromatic heterocycles. The lowest BCUT2D eigenvalue weighted by Gasteiger charge is -2.13. The minimum atomic E-state index is -0.176. The third-order valence-corrected chi connectivity index (χ3v) is 7.29. The van der Waals surface area contributed by atoms with Gasteiger partial charge in [-0.3, -0.25) is 19.0 Å². The van der Waals surface area contributed by atoms with Crippen molar-refractivity contribution in [3.63, 3.8) is 0 Å². The number of aromatic nitrogens is 2. The maximum atomic E-state index is 13.3. The van der Waals surface area contributed by atoms with Crippen LogP contribution in [0.25, 0.3) is 10.9 Å². The van der Waals surface area contributed by atoms with E-state index in [0.29, 0.717) is 42.0 Å². The SMILES string of the molecule is Cc1ccc(NC(=O)CSc2nc3ccccc3c(=O)n2CCCC(=O)NCCc2ccccc2)cc1C. The van der Waals surface area contributed by atoms with Gasteiger partial charge in [-0.2, -0.15) is 0 Å².